The van der Waals surface area contributed by atoms with Crippen LogP contribution < -0.4 is 31.3 Å². The molecule has 3 fully saturated rings. The van der Waals surface area contributed by atoms with Gasteiger partial charge < -0.3 is 87.1 Å². The molecule has 4 aromatic rings. The van der Waals surface area contributed by atoms with Crippen LogP contribution in [0.4, 0.5) is 0 Å². The number of nitrogens with one attached hydrogen (secondary N) is 5. The molecule has 0 saturated carbocycles. The molecule has 3 aliphatic rings. The molecule has 14 N–H and O–H groups in total. The molecule has 15 atom stereocenters. The normalized spacial score (nSPS) is 30.5. The largest absolute Gasteiger partial charge is 0.508 e. The van der Waals surface area contributed by atoms with Crippen molar-refractivity contribution in [1.82, 2.24) is 36.4 Å². The van der Waals surface area contributed by atoms with Gasteiger partial charge in [-0.1, -0.05) is 87.2 Å². The lowest BCUT2D eigenvalue weighted by Crippen LogP contribution is -2.64. The summed E-state index contributed by atoms with van der Waals surface area (Å²) in [5.41, 5.74) is 1.64. The Morgan fingerprint density at radius 3 is 1.85 bits per heavy atom. The van der Waals surface area contributed by atoms with Crippen LogP contribution in [0.15, 0.2) is 97.0 Å². The number of ether oxygens (including phenoxy) is 1. The highest BCUT2D eigenvalue weighted by Crippen LogP contribution is 2.30. The number of amides is 7. The highest BCUT2D eigenvalue weighted by molar-refractivity contribution is 6.00. The van der Waals surface area contributed by atoms with Crippen molar-refractivity contribution in [2.45, 2.75) is 145 Å². The van der Waals surface area contributed by atoms with E-state index < -0.39 is 203 Å². The zero-order valence-corrected chi connectivity index (χ0v) is 44.3. The summed E-state index contributed by atoms with van der Waals surface area (Å²) in [6.07, 6.45) is -29.2. The van der Waals surface area contributed by atoms with E-state index in [1.807, 2.05) is 0 Å². The molecule has 24 heteroatoms. The Kier molecular flexibility index (Phi) is 15.7. The molecule has 0 aromatic heterocycles. The summed E-state index contributed by atoms with van der Waals surface area (Å²) in [4.78, 5) is 102. The standard InChI is InChI=1S/C58H73N7O17/c1-5-6-7-24-82-40-22-18-35(19-23-40)33-10-8-32(9-11-33)34-12-14-37(15-13-34)51(74)59-41-26-43(70)54(77)63-56(79)47-48(71)29(2)27-65(47)58(81)45(31(4)67)61-55(78)46(50(73)49(72)36-16-20-38(68)21-17-36)62-53(76)42-25-39(69)28-64(42)57(80)44(30(3)66)60-52(41)75/h8-23,29-31,39,41-50,54,66-73,77H,5-7,24-28H2,1-4H3,(H,59,74)(H,60,75)(H,61,78)(H,62,76)(H,63,79)/t29-,30+,31+,39+,41-,42?,43+,44-,45?,46?,47-,48-,49-,50-,54+/m0/s1/i1D3,5D2,6D2,7D2,22D,24D2. The van der Waals surface area contributed by atoms with Gasteiger partial charge in [0.15, 0.2) is 6.23 Å². The summed E-state index contributed by atoms with van der Waals surface area (Å²) >= 11 is 0. The molecular weight excluding hydrogens is 1070 g/mol. The van der Waals surface area contributed by atoms with Crippen LogP contribution in [0.5, 0.6) is 11.5 Å². The number of nitrogens with zero attached hydrogens (tertiary/aromatic N) is 2. The number of fused-ring (bicyclic) bond motifs is 2. The highest BCUT2D eigenvalue weighted by atomic mass is 16.5. The predicted octanol–water partition coefficient (Wildman–Crippen LogP) is -0.927. The maximum atomic E-state index is 14.5. The number of rotatable bonds is 14. The van der Waals surface area contributed by atoms with E-state index >= 15 is 0 Å². The Morgan fingerprint density at radius 1 is 0.695 bits per heavy atom. The number of hydrogen-bond donors (Lipinski definition) is 14. The summed E-state index contributed by atoms with van der Waals surface area (Å²) in [6.45, 7) is -4.97. The fraction of sp³-hybridized carbons (Fsp3) is 0.466. The summed E-state index contributed by atoms with van der Waals surface area (Å²) in [5.74, 6) is -10.6. The molecule has 0 spiro atoms. The fourth-order valence-corrected chi connectivity index (χ4v) is 9.73. The lowest BCUT2D eigenvalue weighted by atomic mass is 9.96. The molecule has 0 aliphatic carbocycles. The van der Waals surface area contributed by atoms with Gasteiger partial charge in [0, 0.05) is 49.7 Å². The van der Waals surface area contributed by atoms with Gasteiger partial charge in [0.2, 0.25) is 35.4 Å². The Morgan fingerprint density at radius 2 is 1.26 bits per heavy atom. The van der Waals surface area contributed by atoms with Crippen molar-refractivity contribution in [3.05, 3.63) is 108 Å². The molecule has 442 valence electrons. The van der Waals surface area contributed by atoms with Gasteiger partial charge in [0.1, 0.15) is 66.1 Å². The number of phenols is 1. The topological polar surface area (TPSA) is 377 Å². The minimum atomic E-state index is -3.98. The second-order valence-corrected chi connectivity index (χ2v) is 20.2. The first-order valence-corrected chi connectivity index (χ1v) is 25.9. The molecule has 82 heavy (non-hydrogen) atoms. The third-order valence-corrected chi connectivity index (χ3v) is 14.3. The van der Waals surface area contributed by atoms with Crippen molar-refractivity contribution in [3.63, 3.8) is 0 Å². The number of benzene rings is 4. The number of phenolic OH excluding ortho intramolecular Hbond substituents is 1. The van der Waals surface area contributed by atoms with E-state index in [1.54, 1.807) is 24.3 Å². The van der Waals surface area contributed by atoms with E-state index in [9.17, 15) is 79.5 Å². The summed E-state index contributed by atoms with van der Waals surface area (Å²) in [7, 11) is 0. The molecule has 7 rings (SSSR count). The number of hydrogen-bond acceptors (Lipinski definition) is 17. The van der Waals surface area contributed by atoms with Gasteiger partial charge in [-0.15, -0.1) is 0 Å². The first-order chi connectivity index (χ1) is 43.5. The number of carbonyl (C=O) groups excluding carboxylic acids is 7. The third kappa shape index (κ3) is 14.7. The second-order valence-electron chi connectivity index (χ2n) is 20.2. The maximum absolute atomic E-state index is 14.5. The van der Waals surface area contributed by atoms with Gasteiger partial charge in [0.05, 0.1) is 35.1 Å². The van der Waals surface area contributed by atoms with Crippen molar-refractivity contribution < 1.29 is 101 Å². The van der Waals surface area contributed by atoms with Crippen molar-refractivity contribution >= 4 is 41.4 Å². The molecule has 4 aromatic carbocycles. The molecular formula is C58H73N7O17. The SMILES string of the molecule is [2H]c1cc(-c2ccc(-c3ccc(C(=O)N[C@H]4C[C@@H](O)[C@@H](O)NC(=O)[C@@H]5[C@@H](O)[C@@H](C)CN5C(=O)C([C@@H](C)O)NC(=O)C([C@H](O)[C@@H](O)c5ccc(O)cc5)NC(=O)C5C[C@@H](O)CN5C(=O)[C@H]([C@@H](C)O)NC4=O)cc3)cc2)ccc1OC([2H])([2H])C([2H])([2H])C([2H])([2H])C([2H])([2H])C([2H])([2H])[2H]. The van der Waals surface area contributed by atoms with Crippen LogP contribution in [0.1, 0.15) is 98.1 Å². The first-order valence-electron chi connectivity index (χ1n) is 31.9. The monoisotopic (exact) mass is 1150 g/mol. The average molecular weight is 1150 g/mol. The van der Waals surface area contributed by atoms with E-state index in [4.69, 9.17) is 21.2 Å². The first kappa shape index (κ1) is 47.0. The van der Waals surface area contributed by atoms with Crippen molar-refractivity contribution in [3.8, 4) is 33.8 Å². The van der Waals surface area contributed by atoms with E-state index in [2.05, 4.69) is 26.6 Å². The van der Waals surface area contributed by atoms with E-state index in [0.29, 0.717) is 22.3 Å². The Bertz CT molecular complexity index is 3450. The van der Waals surface area contributed by atoms with Gasteiger partial charge >= 0.3 is 0 Å². The zero-order valence-electron chi connectivity index (χ0n) is 56.3. The van der Waals surface area contributed by atoms with Crippen LogP contribution in [-0.2, 0) is 28.8 Å². The lowest BCUT2D eigenvalue weighted by Gasteiger charge is -2.34. The molecule has 7 amide bonds. The molecule has 24 nitrogen and oxygen atoms in total. The quantitative estimate of drug-likeness (QED) is 0.0726. The van der Waals surface area contributed by atoms with Crippen LogP contribution in [0.3, 0.4) is 0 Å². The van der Waals surface area contributed by atoms with Crippen molar-refractivity contribution in [1.29, 1.82) is 0 Å². The van der Waals surface area contributed by atoms with Gasteiger partial charge in [-0.3, -0.25) is 33.6 Å². The molecule has 3 unspecified atom stereocenters. The molecule has 3 heterocycles. The average Bonchev–Trinajstić information content (AvgIpc) is 1.39. The summed E-state index contributed by atoms with van der Waals surface area (Å²) < 4.78 is 100. The van der Waals surface area contributed by atoms with Crippen LogP contribution in [0.2, 0.25) is 0 Å². The minimum absolute atomic E-state index is 0.112. The number of carbonyl (C=O) groups is 7. The fourth-order valence-electron chi connectivity index (χ4n) is 9.73. The minimum Gasteiger partial charge on any atom is -0.508 e. The zero-order chi connectivity index (χ0) is 70.2. The number of aliphatic hydroxyl groups excluding tert-OH is 8. The van der Waals surface area contributed by atoms with Gasteiger partial charge in [-0.05, 0) is 84.4 Å². The summed E-state index contributed by atoms with van der Waals surface area (Å²) in [5, 5.41) is 111. The molecule has 3 saturated heterocycles. The number of aromatic hydroxyl groups is 1. The van der Waals surface area contributed by atoms with E-state index in [-0.39, 0.29) is 16.9 Å². The lowest BCUT2D eigenvalue weighted by molar-refractivity contribution is -0.148. The van der Waals surface area contributed by atoms with Gasteiger partial charge in [-0.2, -0.15) is 0 Å². The molecule has 0 bridgehead atoms. The third-order valence-electron chi connectivity index (χ3n) is 14.3. The number of aliphatic hydroxyl groups is 8. The molecule has 3 aliphatic heterocycles. The van der Waals surface area contributed by atoms with Gasteiger partial charge in [0.25, 0.3) is 5.91 Å². The Balaban J connectivity index is 1.15. The van der Waals surface area contributed by atoms with Gasteiger partial charge in [-0.25, -0.2) is 0 Å². The highest BCUT2D eigenvalue weighted by Gasteiger charge is 2.50. The molecule has 0 radical (unpaired) electrons. The second kappa shape index (κ2) is 27.5. The van der Waals surface area contributed by atoms with Crippen LogP contribution in [-0.4, -0.2) is 196 Å². The van der Waals surface area contributed by atoms with Crippen molar-refractivity contribution in [2.75, 3.05) is 19.6 Å². The Labute approximate surface area is 490 Å². The Hall–Kier alpha value is -7.55. The maximum Gasteiger partial charge on any atom is 0.251 e. The predicted molar refractivity (Wildman–Crippen MR) is 293 cm³/mol. The summed E-state index contributed by atoms with van der Waals surface area (Å²) in [6, 6.07) is 7.73. The smallest absolute Gasteiger partial charge is 0.251 e. The van der Waals surface area contributed by atoms with Crippen LogP contribution in [0.25, 0.3) is 22.3 Å². The van der Waals surface area contributed by atoms with E-state index in [1.165, 1.54) is 43.3 Å². The van der Waals surface area contributed by atoms with Crippen molar-refractivity contribution in [2.24, 2.45) is 5.92 Å². The van der Waals surface area contributed by atoms with E-state index in [0.717, 1.165) is 54.0 Å². The van der Waals surface area contributed by atoms with Crippen LogP contribution in [0, 0.1) is 5.92 Å². The van der Waals surface area contributed by atoms with Crippen LogP contribution >= 0.6 is 0 Å².